The maximum atomic E-state index is 12.6. The van der Waals surface area contributed by atoms with E-state index in [0.29, 0.717) is 43.9 Å². The Balaban J connectivity index is 1.59. The molecule has 0 aliphatic carbocycles. The Bertz CT molecular complexity index is 1250. The molecule has 166 valence electrons. The van der Waals surface area contributed by atoms with Crippen molar-refractivity contribution in [3.63, 3.8) is 0 Å². The van der Waals surface area contributed by atoms with Crippen LogP contribution < -0.4 is 5.56 Å². The van der Waals surface area contributed by atoms with Crippen molar-refractivity contribution >= 4 is 21.2 Å². The summed E-state index contributed by atoms with van der Waals surface area (Å²) in [6.45, 7) is 7.82. The Morgan fingerprint density at radius 3 is 2.35 bits per heavy atom. The first-order valence-corrected chi connectivity index (χ1v) is 12.2. The molecule has 0 spiro atoms. The zero-order chi connectivity index (χ0) is 22.4. The molecule has 1 saturated heterocycles. The first-order chi connectivity index (χ1) is 14.5. The molecule has 2 aromatic heterocycles. The summed E-state index contributed by atoms with van der Waals surface area (Å²) in [5.41, 5.74) is 2.71. The highest BCUT2D eigenvalue weighted by Crippen LogP contribution is 2.27. The van der Waals surface area contributed by atoms with Gasteiger partial charge in [0.1, 0.15) is 5.82 Å². The molecule has 3 heterocycles. The lowest BCUT2D eigenvalue weighted by Crippen LogP contribution is -2.37. The van der Waals surface area contributed by atoms with E-state index in [0.717, 1.165) is 5.56 Å². The molecule has 4 rings (SSSR count). The minimum Gasteiger partial charge on any atom is -0.308 e. The van der Waals surface area contributed by atoms with Gasteiger partial charge in [0.25, 0.3) is 5.56 Å². The average Bonchev–Trinajstić information content (AvgIpc) is 3.10. The third-order valence-corrected chi connectivity index (χ3v) is 7.16. The number of nitrogens with one attached hydrogen (secondary N) is 1. The summed E-state index contributed by atoms with van der Waals surface area (Å²) in [6, 6.07) is 8.33. The predicted molar refractivity (Wildman–Crippen MR) is 119 cm³/mol. The van der Waals surface area contributed by atoms with Crippen LogP contribution in [0.3, 0.4) is 0 Å². The van der Waals surface area contributed by atoms with Crippen molar-refractivity contribution in [1.29, 1.82) is 0 Å². The molecule has 1 fully saturated rings. The fourth-order valence-electron chi connectivity index (χ4n) is 3.93. The van der Waals surface area contributed by atoms with Crippen LogP contribution in [0.2, 0.25) is 0 Å². The normalized spacial score (nSPS) is 16.8. The van der Waals surface area contributed by atoms with Gasteiger partial charge in [0, 0.05) is 19.0 Å². The molecule has 10 heteroatoms. The smallest absolute Gasteiger partial charge is 0.281 e. The molecule has 0 radical (unpaired) electrons. The highest BCUT2D eigenvalue weighted by molar-refractivity contribution is 7.88. The maximum absolute atomic E-state index is 12.6. The highest BCUT2D eigenvalue weighted by Gasteiger charge is 2.28. The zero-order valence-corrected chi connectivity index (χ0v) is 19.1. The van der Waals surface area contributed by atoms with E-state index in [2.05, 4.69) is 65.3 Å². The van der Waals surface area contributed by atoms with E-state index >= 15 is 0 Å². The van der Waals surface area contributed by atoms with Gasteiger partial charge in [0.05, 0.1) is 12.8 Å². The van der Waals surface area contributed by atoms with Crippen LogP contribution in [-0.4, -0.2) is 57.0 Å². The van der Waals surface area contributed by atoms with Gasteiger partial charge in [0.2, 0.25) is 10.0 Å². The SMILES string of the molecule is CC(C)(C)c1ccc(Cn2nnc3c(=O)[nH]c(C4CCN(S(C)(=O)=O)CC4)nc32)cc1. The Morgan fingerprint density at radius 2 is 1.77 bits per heavy atom. The second-order valence-electron chi connectivity index (χ2n) is 9.25. The third kappa shape index (κ3) is 4.54. The monoisotopic (exact) mass is 444 g/mol. The molecule has 0 amide bonds. The molecule has 0 unspecified atom stereocenters. The average molecular weight is 445 g/mol. The second-order valence-corrected chi connectivity index (χ2v) is 11.2. The molecule has 1 aliphatic rings. The summed E-state index contributed by atoms with van der Waals surface area (Å²) >= 11 is 0. The van der Waals surface area contributed by atoms with Crippen LogP contribution in [0, 0.1) is 0 Å². The Labute approximate surface area is 181 Å². The Morgan fingerprint density at radius 1 is 1.13 bits per heavy atom. The summed E-state index contributed by atoms with van der Waals surface area (Å²) < 4.78 is 26.6. The number of benzene rings is 1. The van der Waals surface area contributed by atoms with Crippen molar-refractivity contribution in [2.45, 2.75) is 51.5 Å². The molecule has 9 nitrogen and oxygen atoms in total. The van der Waals surface area contributed by atoms with E-state index < -0.39 is 10.0 Å². The Hall–Kier alpha value is -2.59. The molecule has 0 bridgehead atoms. The van der Waals surface area contributed by atoms with Gasteiger partial charge in [-0.3, -0.25) is 4.79 Å². The summed E-state index contributed by atoms with van der Waals surface area (Å²) in [5, 5.41) is 8.17. The first-order valence-electron chi connectivity index (χ1n) is 10.4. The number of aromatic nitrogens is 5. The second kappa shape index (κ2) is 7.83. The summed E-state index contributed by atoms with van der Waals surface area (Å²) in [4.78, 5) is 20.1. The zero-order valence-electron chi connectivity index (χ0n) is 18.3. The number of nitrogens with zero attached hydrogens (tertiary/aromatic N) is 5. The molecule has 1 N–H and O–H groups in total. The van der Waals surface area contributed by atoms with Gasteiger partial charge in [-0.1, -0.05) is 50.3 Å². The minimum absolute atomic E-state index is 0.00970. The number of rotatable bonds is 4. The molecule has 1 aromatic carbocycles. The van der Waals surface area contributed by atoms with Gasteiger partial charge in [-0.25, -0.2) is 22.4 Å². The van der Waals surface area contributed by atoms with Crippen LogP contribution in [0.25, 0.3) is 11.2 Å². The van der Waals surface area contributed by atoms with Gasteiger partial charge in [-0.05, 0) is 29.4 Å². The molecule has 1 aliphatic heterocycles. The molecule has 3 aromatic rings. The van der Waals surface area contributed by atoms with Crippen LogP contribution in [0.4, 0.5) is 0 Å². The number of hydrogen-bond donors (Lipinski definition) is 1. The largest absolute Gasteiger partial charge is 0.308 e. The van der Waals surface area contributed by atoms with Gasteiger partial charge in [-0.2, -0.15) is 0 Å². The molecule has 0 atom stereocenters. The van der Waals surface area contributed by atoms with Crippen LogP contribution in [0.5, 0.6) is 0 Å². The number of aromatic amines is 1. The van der Waals surface area contributed by atoms with E-state index in [-0.39, 0.29) is 22.4 Å². The van der Waals surface area contributed by atoms with E-state index in [9.17, 15) is 13.2 Å². The van der Waals surface area contributed by atoms with E-state index in [1.54, 1.807) is 4.68 Å². The summed E-state index contributed by atoms with van der Waals surface area (Å²) in [5.74, 6) is 0.557. The highest BCUT2D eigenvalue weighted by atomic mass is 32.2. The number of fused-ring (bicyclic) bond motifs is 1. The van der Waals surface area contributed by atoms with Gasteiger partial charge in [-0.15, -0.1) is 5.10 Å². The van der Waals surface area contributed by atoms with Crippen LogP contribution in [-0.2, 0) is 22.0 Å². The maximum Gasteiger partial charge on any atom is 0.281 e. The van der Waals surface area contributed by atoms with Gasteiger partial charge < -0.3 is 4.98 Å². The predicted octanol–water partition coefficient (Wildman–Crippen LogP) is 2.00. The van der Waals surface area contributed by atoms with Crippen molar-refractivity contribution in [2.24, 2.45) is 0 Å². The first kappa shape index (κ1) is 21.6. The summed E-state index contributed by atoms with van der Waals surface area (Å²) in [6.07, 6.45) is 2.44. The fourth-order valence-corrected chi connectivity index (χ4v) is 4.80. The minimum atomic E-state index is -3.20. The van der Waals surface area contributed by atoms with Crippen LogP contribution >= 0.6 is 0 Å². The quantitative estimate of drug-likeness (QED) is 0.658. The fraction of sp³-hybridized carbons (Fsp3) is 0.524. The van der Waals surface area contributed by atoms with Crippen LogP contribution in [0.1, 0.15) is 56.5 Å². The standard InChI is InChI=1S/C21H28N6O3S/c1-21(2,3)16-7-5-14(6-8-16)13-27-19-17(24-25-27)20(28)23-18(22-19)15-9-11-26(12-10-15)31(4,29)30/h5-8,15H,9-13H2,1-4H3,(H,22,23,28). The van der Waals surface area contributed by atoms with E-state index in [1.165, 1.54) is 16.1 Å². The lowest BCUT2D eigenvalue weighted by Gasteiger charge is -2.29. The summed E-state index contributed by atoms with van der Waals surface area (Å²) in [7, 11) is -3.20. The van der Waals surface area contributed by atoms with Gasteiger partial charge in [0.15, 0.2) is 11.2 Å². The molecular weight excluding hydrogens is 416 g/mol. The lowest BCUT2D eigenvalue weighted by atomic mass is 9.87. The van der Waals surface area contributed by atoms with Crippen LogP contribution in [0.15, 0.2) is 29.1 Å². The number of H-pyrrole nitrogens is 1. The number of hydrogen-bond acceptors (Lipinski definition) is 6. The number of sulfonamides is 1. The number of piperidine rings is 1. The molecule has 31 heavy (non-hydrogen) atoms. The lowest BCUT2D eigenvalue weighted by molar-refractivity contribution is 0.315. The third-order valence-electron chi connectivity index (χ3n) is 5.85. The Kier molecular flexibility index (Phi) is 5.47. The van der Waals surface area contributed by atoms with Crippen molar-refractivity contribution in [3.05, 3.63) is 51.6 Å². The van der Waals surface area contributed by atoms with Crippen molar-refractivity contribution in [3.8, 4) is 0 Å². The van der Waals surface area contributed by atoms with Crippen molar-refractivity contribution in [1.82, 2.24) is 29.3 Å². The van der Waals surface area contributed by atoms with Crippen molar-refractivity contribution < 1.29 is 8.42 Å². The van der Waals surface area contributed by atoms with Crippen molar-refractivity contribution in [2.75, 3.05) is 19.3 Å². The molecule has 0 saturated carbocycles. The topological polar surface area (TPSA) is 114 Å². The van der Waals surface area contributed by atoms with E-state index in [1.807, 2.05) is 0 Å². The molecular formula is C21H28N6O3S. The van der Waals surface area contributed by atoms with E-state index in [4.69, 9.17) is 0 Å². The van der Waals surface area contributed by atoms with Gasteiger partial charge >= 0.3 is 0 Å².